The molecule has 0 saturated heterocycles. The molecule has 1 amide bonds. The van der Waals surface area contributed by atoms with Crippen molar-refractivity contribution >= 4 is 23.0 Å². The van der Waals surface area contributed by atoms with E-state index in [1.165, 1.54) is 0 Å². The smallest absolute Gasteiger partial charge is 0.221 e. The highest BCUT2D eigenvalue weighted by atomic mass is 32.1. The number of hydrogen-bond donors (Lipinski definition) is 1. The summed E-state index contributed by atoms with van der Waals surface area (Å²) in [6.45, 7) is 6.15. The number of nitrogens with zero attached hydrogens (tertiary/aromatic N) is 1. The molecule has 128 valence electrons. The standard InChI is InChI=1S/C19H24N2O2S/c1-13(2)12-16(19-20-10-11-24-19)21-18(23)9-8-17(22)15-7-5-4-6-14(15)3/h4-7,10-11,13,16H,8-9,12H2,1-3H3,(H,21,23). The zero-order valence-corrected chi connectivity index (χ0v) is 15.2. The molecule has 0 aliphatic heterocycles. The zero-order valence-electron chi connectivity index (χ0n) is 14.4. The van der Waals surface area contributed by atoms with E-state index < -0.39 is 0 Å². The third kappa shape index (κ3) is 5.27. The molecule has 1 unspecified atom stereocenters. The predicted molar refractivity (Wildman–Crippen MR) is 97.2 cm³/mol. The fourth-order valence-corrected chi connectivity index (χ4v) is 3.32. The summed E-state index contributed by atoms with van der Waals surface area (Å²) < 4.78 is 0. The lowest BCUT2D eigenvalue weighted by Gasteiger charge is -2.18. The SMILES string of the molecule is Cc1ccccc1C(=O)CCC(=O)NC(CC(C)C)c1nccs1. The second kappa shape index (κ2) is 8.73. The molecule has 0 spiro atoms. The molecule has 1 heterocycles. The van der Waals surface area contributed by atoms with Crippen LogP contribution in [0.4, 0.5) is 0 Å². The van der Waals surface area contributed by atoms with E-state index in [9.17, 15) is 9.59 Å². The van der Waals surface area contributed by atoms with Crippen molar-refractivity contribution in [3.05, 3.63) is 52.0 Å². The normalized spacial score (nSPS) is 12.2. The number of benzene rings is 1. The topological polar surface area (TPSA) is 59.1 Å². The minimum Gasteiger partial charge on any atom is -0.347 e. The number of amides is 1. The van der Waals surface area contributed by atoms with Gasteiger partial charge in [0, 0.05) is 30.0 Å². The number of ketones is 1. The van der Waals surface area contributed by atoms with E-state index in [0.717, 1.165) is 17.0 Å². The molecule has 5 heteroatoms. The number of aromatic nitrogens is 1. The van der Waals surface area contributed by atoms with Crippen molar-refractivity contribution in [1.29, 1.82) is 0 Å². The van der Waals surface area contributed by atoms with E-state index in [0.29, 0.717) is 11.5 Å². The molecule has 0 fully saturated rings. The Morgan fingerprint density at radius 3 is 2.58 bits per heavy atom. The fourth-order valence-electron chi connectivity index (χ4n) is 2.61. The first kappa shape index (κ1) is 18.3. The molecule has 1 aromatic heterocycles. The van der Waals surface area contributed by atoms with Crippen molar-refractivity contribution in [2.45, 2.75) is 46.1 Å². The molecule has 2 rings (SSSR count). The van der Waals surface area contributed by atoms with Crippen LogP contribution >= 0.6 is 11.3 Å². The Morgan fingerprint density at radius 1 is 1.21 bits per heavy atom. The number of Topliss-reactive ketones (excluding diaryl/α,β-unsaturated/α-hetero) is 1. The van der Waals surface area contributed by atoms with Crippen molar-refractivity contribution in [3.63, 3.8) is 0 Å². The van der Waals surface area contributed by atoms with Crippen LogP contribution in [0.25, 0.3) is 0 Å². The van der Waals surface area contributed by atoms with Crippen LogP contribution in [-0.4, -0.2) is 16.7 Å². The maximum Gasteiger partial charge on any atom is 0.221 e. The molecular formula is C19H24N2O2S. The number of carbonyl (C=O) groups is 2. The molecule has 1 atom stereocenters. The highest BCUT2D eigenvalue weighted by Crippen LogP contribution is 2.23. The Morgan fingerprint density at radius 2 is 1.96 bits per heavy atom. The van der Waals surface area contributed by atoms with Gasteiger partial charge in [-0.15, -0.1) is 11.3 Å². The lowest BCUT2D eigenvalue weighted by molar-refractivity contribution is -0.121. The van der Waals surface area contributed by atoms with Crippen LogP contribution < -0.4 is 5.32 Å². The van der Waals surface area contributed by atoms with Gasteiger partial charge < -0.3 is 5.32 Å². The first-order valence-corrected chi connectivity index (χ1v) is 9.13. The summed E-state index contributed by atoms with van der Waals surface area (Å²) in [5.74, 6) is 0.364. The number of nitrogens with one attached hydrogen (secondary N) is 1. The zero-order chi connectivity index (χ0) is 17.5. The van der Waals surface area contributed by atoms with E-state index >= 15 is 0 Å². The first-order valence-electron chi connectivity index (χ1n) is 8.25. The van der Waals surface area contributed by atoms with Gasteiger partial charge in [-0.05, 0) is 24.8 Å². The van der Waals surface area contributed by atoms with Crippen LogP contribution in [-0.2, 0) is 4.79 Å². The molecular weight excluding hydrogens is 320 g/mol. The quantitative estimate of drug-likeness (QED) is 0.726. The van der Waals surface area contributed by atoms with Crippen molar-refractivity contribution in [2.24, 2.45) is 5.92 Å². The van der Waals surface area contributed by atoms with E-state index in [2.05, 4.69) is 24.1 Å². The lowest BCUT2D eigenvalue weighted by Crippen LogP contribution is -2.29. The van der Waals surface area contributed by atoms with Gasteiger partial charge in [-0.1, -0.05) is 38.1 Å². The maximum absolute atomic E-state index is 12.3. The van der Waals surface area contributed by atoms with E-state index in [4.69, 9.17) is 0 Å². The number of aryl methyl sites for hydroxylation is 1. The largest absolute Gasteiger partial charge is 0.347 e. The van der Waals surface area contributed by atoms with Crippen LogP contribution in [0.5, 0.6) is 0 Å². The summed E-state index contributed by atoms with van der Waals surface area (Å²) in [5.41, 5.74) is 1.65. The third-order valence-electron chi connectivity index (χ3n) is 3.82. The number of rotatable bonds is 8. The number of thiazole rings is 1. The van der Waals surface area contributed by atoms with Gasteiger partial charge >= 0.3 is 0 Å². The highest BCUT2D eigenvalue weighted by Gasteiger charge is 2.19. The average Bonchev–Trinajstić information content (AvgIpc) is 3.06. The minimum absolute atomic E-state index is 0.0120. The third-order valence-corrected chi connectivity index (χ3v) is 4.71. The van der Waals surface area contributed by atoms with Crippen molar-refractivity contribution in [3.8, 4) is 0 Å². The molecule has 0 aliphatic rings. The summed E-state index contributed by atoms with van der Waals surface area (Å²) in [4.78, 5) is 28.9. The Labute approximate surface area is 147 Å². The van der Waals surface area contributed by atoms with Crippen LogP contribution in [0, 0.1) is 12.8 Å². The Kier molecular flexibility index (Phi) is 6.67. The minimum atomic E-state index is -0.0993. The first-order chi connectivity index (χ1) is 11.5. The van der Waals surface area contributed by atoms with Gasteiger partial charge in [0.25, 0.3) is 0 Å². The molecule has 1 aromatic carbocycles. The molecule has 2 aromatic rings. The molecule has 0 aliphatic carbocycles. The van der Waals surface area contributed by atoms with Gasteiger partial charge in [-0.2, -0.15) is 0 Å². The molecule has 1 N–H and O–H groups in total. The molecule has 0 radical (unpaired) electrons. The summed E-state index contributed by atoms with van der Waals surface area (Å²) in [7, 11) is 0. The summed E-state index contributed by atoms with van der Waals surface area (Å²) in [5, 5.41) is 5.86. The lowest BCUT2D eigenvalue weighted by atomic mass is 10.0. The molecule has 4 nitrogen and oxygen atoms in total. The Hall–Kier alpha value is -2.01. The second-order valence-corrected chi connectivity index (χ2v) is 7.28. The fraction of sp³-hybridized carbons (Fsp3) is 0.421. The second-order valence-electron chi connectivity index (χ2n) is 6.36. The Balaban J connectivity index is 1.91. The van der Waals surface area contributed by atoms with Gasteiger partial charge in [0.1, 0.15) is 5.01 Å². The molecule has 0 bridgehead atoms. The highest BCUT2D eigenvalue weighted by molar-refractivity contribution is 7.09. The molecule has 24 heavy (non-hydrogen) atoms. The summed E-state index contributed by atoms with van der Waals surface area (Å²) >= 11 is 1.55. The number of carbonyl (C=O) groups excluding carboxylic acids is 2. The molecule has 0 saturated carbocycles. The van der Waals surface area contributed by atoms with E-state index in [1.807, 2.05) is 36.6 Å². The van der Waals surface area contributed by atoms with Gasteiger partial charge in [0.2, 0.25) is 5.91 Å². The van der Waals surface area contributed by atoms with Crippen LogP contribution in [0.3, 0.4) is 0 Å². The van der Waals surface area contributed by atoms with Gasteiger partial charge in [-0.25, -0.2) is 4.98 Å². The van der Waals surface area contributed by atoms with Gasteiger partial charge in [-0.3, -0.25) is 9.59 Å². The Bertz CT molecular complexity index is 680. The van der Waals surface area contributed by atoms with Crippen molar-refractivity contribution < 1.29 is 9.59 Å². The van der Waals surface area contributed by atoms with Crippen molar-refractivity contribution in [1.82, 2.24) is 10.3 Å². The van der Waals surface area contributed by atoms with Crippen LogP contribution in [0.2, 0.25) is 0 Å². The van der Waals surface area contributed by atoms with Crippen molar-refractivity contribution in [2.75, 3.05) is 0 Å². The van der Waals surface area contributed by atoms with Gasteiger partial charge in [0.05, 0.1) is 6.04 Å². The van der Waals surface area contributed by atoms with Crippen LogP contribution in [0.15, 0.2) is 35.8 Å². The predicted octanol–water partition coefficient (Wildman–Crippen LogP) is 4.32. The monoisotopic (exact) mass is 344 g/mol. The summed E-state index contributed by atoms with van der Waals surface area (Å²) in [6.07, 6.45) is 3.02. The summed E-state index contributed by atoms with van der Waals surface area (Å²) in [6, 6.07) is 7.40. The van der Waals surface area contributed by atoms with Crippen LogP contribution in [0.1, 0.15) is 60.1 Å². The maximum atomic E-state index is 12.3. The number of hydrogen-bond acceptors (Lipinski definition) is 4. The van der Waals surface area contributed by atoms with E-state index in [-0.39, 0.29) is 30.6 Å². The van der Waals surface area contributed by atoms with Gasteiger partial charge in [0.15, 0.2) is 5.78 Å². The van der Waals surface area contributed by atoms with E-state index in [1.54, 1.807) is 17.5 Å². The average molecular weight is 344 g/mol.